The van der Waals surface area contributed by atoms with Gasteiger partial charge in [0.2, 0.25) is 0 Å². The van der Waals surface area contributed by atoms with Crippen molar-refractivity contribution in [1.29, 1.82) is 0 Å². The SMILES string of the molecule is CCC1CCCC(OC(C)C(N)c2ccc(F)cc2)C1. The highest BCUT2D eigenvalue weighted by molar-refractivity contribution is 5.20. The summed E-state index contributed by atoms with van der Waals surface area (Å²) in [5.41, 5.74) is 7.16. The van der Waals surface area contributed by atoms with E-state index in [1.54, 1.807) is 12.1 Å². The van der Waals surface area contributed by atoms with Gasteiger partial charge in [-0.25, -0.2) is 4.39 Å². The third-order valence-corrected chi connectivity index (χ3v) is 4.48. The first-order chi connectivity index (χ1) is 9.60. The van der Waals surface area contributed by atoms with E-state index in [1.807, 2.05) is 6.92 Å². The van der Waals surface area contributed by atoms with Crippen LogP contribution in [0.1, 0.15) is 57.6 Å². The molecule has 0 bridgehead atoms. The van der Waals surface area contributed by atoms with E-state index in [0.717, 1.165) is 24.3 Å². The molecular weight excluding hydrogens is 253 g/mol. The molecule has 0 aromatic heterocycles. The minimum absolute atomic E-state index is 0.0407. The predicted molar refractivity (Wildman–Crippen MR) is 79.9 cm³/mol. The Bertz CT molecular complexity index is 406. The van der Waals surface area contributed by atoms with E-state index < -0.39 is 0 Å². The molecule has 1 aliphatic rings. The predicted octanol–water partition coefficient (Wildman–Crippen LogP) is 4.20. The van der Waals surface area contributed by atoms with Gasteiger partial charge in [-0.05, 0) is 43.4 Å². The van der Waals surface area contributed by atoms with Crippen molar-refractivity contribution in [3.63, 3.8) is 0 Å². The highest BCUT2D eigenvalue weighted by Crippen LogP contribution is 2.30. The molecule has 0 radical (unpaired) electrons. The Labute approximate surface area is 121 Å². The van der Waals surface area contributed by atoms with Crippen LogP contribution in [0, 0.1) is 11.7 Å². The van der Waals surface area contributed by atoms with Crippen LogP contribution in [0.25, 0.3) is 0 Å². The fourth-order valence-electron chi connectivity index (χ4n) is 3.08. The van der Waals surface area contributed by atoms with Gasteiger partial charge in [-0.15, -0.1) is 0 Å². The number of hydrogen-bond donors (Lipinski definition) is 1. The molecule has 0 amide bonds. The van der Waals surface area contributed by atoms with Crippen molar-refractivity contribution in [2.75, 3.05) is 0 Å². The van der Waals surface area contributed by atoms with Crippen LogP contribution in [0.5, 0.6) is 0 Å². The summed E-state index contributed by atoms with van der Waals surface area (Å²) in [5, 5.41) is 0. The minimum atomic E-state index is -0.229. The maximum atomic E-state index is 12.9. The van der Waals surface area contributed by atoms with Gasteiger partial charge < -0.3 is 10.5 Å². The average Bonchev–Trinajstić information content (AvgIpc) is 2.47. The van der Waals surface area contributed by atoms with Gasteiger partial charge in [0.25, 0.3) is 0 Å². The van der Waals surface area contributed by atoms with Gasteiger partial charge >= 0.3 is 0 Å². The van der Waals surface area contributed by atoms with Crippen LogP contribution < -0.4 is 5.73 Å². The quantitative estimate of drug-likeness (QED) is 0.876. The fourth-order valence-corrected chi connectivity index (χ4v) is 3.08. The Balaban J connectivity index is 1.90. The molecule has 1 fully saturated rings. The molecule has 0 spiro atoms. The number of rotatable bonds is 5. The van der Waals surface area contributed by atoms with E-state index in [2.05, 4.69) is 6.92 Å². The zero-order valence-corrected chi connectivity index (χ0v) is 12.5. The van der Waals surface area contributed by atoms with Crippen molar-refractivity contribution < 1.29 is 9.13 Å². The zero-order chi connectivity index (χ0) is 14.5. The van der Waals surface area contributed by atoms with Gasteiger partial charge in [-0.1, -0.05) is 38.3 Å². The fraction of sp³-hybridized carbons (Fsp3) is 0.647. The summed E-state index contributed by atoms with van der Waals surface area (Å²) in [6, 6.07) is 6.20. The molecule has 1 aliphatic carbocycles. The number of nitrogens with two attached hydrogens (primary N) is 1. The molecule has 2 N–H and O–H groups in total. The molecular formula is C17H26FNO. The number of halogens is 1. The van der Waals surface area contributed by atoms with Crippen LogP contribution in [0.15, 0.2) is 24.3 Å². The van der Waals surface area contributed by atoms with Gasteiger partial charge in [-0.2, -0.15) is 0 Å². The van der Waals surface area contributed by atoms with Crippen LogP contribution in [-0.4, -0.2) is 12.2 Å². The lowest BCUT2D eigenvalue weighted by Gasteiger charge is -2.32. The summed E-state index contributed by atoms with van der Waals surface area (Å²) < 4.78 is 19.1. The molecule has 0 aliphatic heterocycles. The largest absolute Gasteiger partial charge is 0.373 e. The van der Waals surface area contributed by atoms with Crippen LogP contribution >= 0.6 is 0 Å². The summed E-state index contributed by atoms with van der Waals surface area (Å²) in [4.78, 5) is 0. The van der Waals surface area contributed by atoms with Gasteiger partial charge in [0.1, 0.15) is 5.82 Å². The van der Waals surface area contributed by atoms with Crippen molar-refractivity contribution >= 4 is 0 Å². The lowest BCUT2D eigenvalue weighted by atomic mass is 9.85. The highest BCUT2D eigenvalue weighted by atomic mass is 19.1. The van der Waals surface area contributed by atoms with Crippen LogP contribution in [0.4, 0.5) is 4.39 Å². The van der Waals surface area contributed by atoms with E-state index in [4.69, 9.17) is 10.5 Å². The lowest BCUT2D eigenvalue weighted by Crippen LogP contribution is -2.33. The molecule has 0 heterocycles. The first-order valence-corrected chi connectivity index (χ1v) is 7.76. The molecule has 1 aromatic rings. The van der Waals surface area contributed by atoms with E-state index in [1.165, 1.54) is 31.4 Å². The van der Waals surface area contributed by atoms with Crippen molar-refractivity contribution in [3.8, 4) is 0 Å². The normalized spacial score (nSPS) is 26.2. The monoisotopic (exact) mass is 279 g/mol. The van der Waals surface area contributed by atoms with E-state index in [-0.39, 0.29) is 18.0 Å². The summed E-state index contributed by atoms with van der Waals surface area (Å²) >= 11 is 0. The van der Waals surface area contributed by atoms with Crippen molar-refractivity contribution in [2.24, 2.45) is 11.7 Å². The van der Waals surface area contributed by atoms with E-state index in [0.29, 0.717) is 6.10 Å². The molecule has 0 saturated heterocycles. The Hall–Kier alpha value is -0.930. The molecule has 4 unspecified atom stereocenters. The smallest absolute Gasteiger partial charge is 0.123 e. The highest BCUT2D eigenvalue weighted by Gasteiger charge is 2.25. The second-order valence-corrected chi connectivity index (χ2v) is 5.98. The Morgan fingerprint density at radius 2 is 2.00 bits per heavy atom. The summed E-state index contributed by atoms with van der Waals surface area (Å²) in [6.07, 6.45) is 6.39. The summed E-state index contributed by atoms with van der Waals surface area (Å²) in [7, 11) is 0. The second kappa shape index (κ2) is 7.19. The van der Waals surface area contributed by atoms with E-state index in [9.17, 15) is 4.39 Å². The third kappa shape index (κ3) is 4.03. The van der Waals surface area contributed by atoms with Gasteiger partial charge in [0.15, 0.2) is 0 Å². The molecule has 2 nitrogen and oxygen atoms in total. The maximum absolute atomic E-state index is 12.9. The molecule has 20 heavy (non-hydrogen) atoms. The summed E-state index contributed by atoms with van der Waals surface area (Å²) in [6.45, 7) is 4.27. The third-order valence-electron chi connectivity index (χ3n) is 4.48. The Kier molecular flexibility index (Phi) is 5.55. The lowest BCUT2D eigenvalue weighted by molar-refractivity contribution is -0.0430. The number of hydrogen-bond acceptors (Lipinski definition) is 2. The number of ether oxygens (including phenoxy) is 1. The Morgan fingerprint density at radius 3 is 2.65 bits per heavy atom. The first kappa shape index (κ1) is 15.5. The number of benzene rings is 1. The van der Waals surface area contributed by atoms with Crippen molar-refractivity contribution in [2.45, 2.75) is 64.2 Å². The molecule has 112 valence electrons. The first-order valence-electron chi connectivity index (χ1n) is 7.76. The molecule has 2 rings (SSSR count). The zero-order valence-electron chi connectivity index (χ0n) is 12.5. The standard InChI is InChI=1S/C17H26FNO/c1-3-13-5-4-6-16(11-13)20-12(2)17(19)14-7-9-15(18)10-8-14/h7-10,12-13,16-17H,3-6,11,19H2,1-2H3. The molecule has 4 atom stereocenters. The molecule has 1 aromatic carbocycles. The van der Waals surface area contributed by atoms with Gasteiger partial charge in [0.05, 0.1) is 18.2 Å². The van der Waals surface area contributed by atoms with Crippen LogP contribution in [0.3, 0.4) is 0 Å². The Morgan fingerprint density at radius 1 is 1.30 bits per heavy atom. The van der Waals surface area contributed by atoms with Crippen molar-refractivity contribution in [1.82, 2.24) is 0 Å². The van der Waals surface area contributed by atoms with Crippen molar-refractivity contribution in [3.05, 3.63) is 35.6 Å². The topological polar surface area (TPSA) is 35.2 Å². The average molecular weight is 279 g/mol. The second-order valence-electron chi connectivity index (χ2n) is 5.98. The maximum Gasteiger partial charge on any atom is 0.123 e. The van der Waals surface area contributed by atoms with Gasteiger partial charge in [0, 0.05) is 0 Å². The van der Waals surface area contributed by atoms with Crippen LogP contribution in [0.2, 0.25) is 0 Å². The van der Waals surface area contributed by atoms with Crippen LogP contribution in [-0.2, 0) is 4.74 Å². The van der Waals surface area contributed by atoms with E-state index >= 15 is 0 Å². The molecule has 1 saturated carbocycles. The minimum Gasteiger partial charge on any atom is -0.373 e. The molecule has 3 heteroatoms. The van der Waals surface area contributed by atoms with Gasteiger partial charge in [-0.3, -0.25) is 0 Å². The summed E-state index contributed by atoms with van der Waals surface area (Å²) in [5.74, 6) is 0.565.